The summed E-state index contributed by atoms with van der Waals surface area (Å²) in [5, 5.41) is 17.7. The summed E-state index contributed by atoms with van der Waals surface area (Å²) in [4.78, 5) is 13.0. The summed E-state index contributed by atoms with van der Waals surface area (Å²) in [5.74, 6) is -0.115. The smallest absolute Gasteiger partial charge is 0.303 e. The van der Waals surface area contributed by atoms with E-state index in [4.69, 9.17) is 10.2 Å². The van der Waals surface area contributed by atoms with Crippen molar-refractivity contribution < 1.29 is 15.0 Å². The number of hydrogen-bond acceptors (Lipinski definition) is 3. The quantitative estimate of drug-likeness (QED) is 0.837. The fourth-order valence-electron chi connectivity index (χ4n) is 2.77. The lowest BCUT2D eigenvalue weighted by Crippen LogP contribution is -2.33. The van der Waals surface area contributed by atoms with E-state index in [2.05, 4.69) is 17.0 Å². The molecule has 4 heteroatoms. The zero-order valence-electron chi connectivity index (χ0n) is 11.8. The van der Waals surface area contributed by atoms with Gasteiger partial charge in [-0.15, -0.1) is 0 Å². The van der Waals surface area contributed by atoms with E-state index in [1.165, 1.54) is 5.56 Å². The first-order chi connectivity index (χ1) is 9.67. The first-order valence-electron chi connectivity index (χ1n) is 7.30. The number of nitrogens with zero attached hydrogens (tertiary/aromatic N) is 1. The van der Waals surface area contributed by atoms with Crippen LogP contribution in [-0.4, -0.2) is 34.2 Å². The summed E-state index contributed by atoms with van der Waals surface area (Å²) >= 11 is 0. The van der Waals surface area contributed by atoms with E-state index >= 15 is 0 Å². The standard InChI is InChI=1S/C16H23NO3/c18-12-15-3-1-14(2-4-15)11-17-9-7-13(8-10-17)5-6-16(19)20/h1-4,13,18H,5-12H2,(H,19,20). The normalized spacial score (nSPS) is 17.2. The number of aliphatic carboxylic acids is 1. The summed E-state index contributed by atoms with van der Waals surface area (Å²) in [7, 11) is 0. The lowest BCUT2D eigenvalue weighted by atomic mass is 9.92. The van der Waals surface area contributed by atoms with Crippen LogP contribution >= 0.6 is 0 Å². The van der Waals surface area contributed by atoms with E-state index in [1.807, 2.05) is 12.1 Å². The molecular weight excluding hydrogens is 254 g/mol. The molecule has 2 N–H and O–H groups in total. The maximum Gasteiger partial charge on any atom is 0.303 e. The molecule has 0 aliphatic carbocycles. The van der Waals surface area contributed by atoms with Gasteiger partial charge in [-0.2, -0.15) is 0 Å². The van der Waals surface area contributed by atoms with E-state index in [-0.39, 0.29) is 6.61 Å². The van der Waals surface area contributed by atoms with Crippen LogP contribution in [0.1, 0.15) is 36.8 Å². The Bertz CT molecular complexity index is 422. The predicted octanol–water partition coefficient (Wildman–Crippen LogP) is 2.26. The molecule has 0 radical (unpaired) electrons. The second-order valence-corrected chi connectivity index (χ2v) is 5.63. The molecule has 1 saturated heterocycles. The van der Waals surface area contributed by atoms with Gasteiger partial charge in [-0.05, 0) is 49.4 Å². The molecule has 4 nitrogen and oxygen atoms in total. The van der Waals surface area contributed by atoms with Crippen molar-refractivity contribution in [2.45, 2.75) is 38.8 Å². The molecule has 0 unspecified atom stereocenters. The number of aliphatic hydroxyl groups is 1. The topological polar surface area (TPSA) is 60.8 Å². The SMILES string of the molecule is O=C(O)CCC1CCN(Cc2ccc(CO)cc2)CC1. The van der Waals surface area contributed by atoms with Gasteiger partial charge in [0.2, 0.25) is 0 Å². The number of carboxylic acid groups (broad SMARTS) is 1. The van der Waals surface area contributed by atoms with Crippen LogP contribution in [0.4, 0.5) is 0 Å². The van der Waals surface area contributed by atoms with Gasteiger partial charge in [0.15, 0.2) is 0 Å². The van der Waals surface area contributed by atoms with Crippen LogP contribution in [0.2, 0.25) is 0 Å². The van der Waals surface area contributed by atoms with Crippen LogP contribution < -0.4 is 0 Å². The Balaban J connectivity index is 1.74. The Labute approximate surface area is 120 Å². The third-order valence-electron chi connectivity index (χ3n) is 4.09. The summed E-state index contributed by atoms with van der Waals surface area (Å²) in [6.45, 7) is 3.13. The molecule has 1 aliphatic rings. The largest absolute Gasteiger partial charge is 0.481 e. The third-order valence-corrected chi connectivity index (χ3v) is 4.09. The van der Waals surface area contributed by atoms with E-state index in [1.54, 1.807) is 0 Å². The second kappa shape index (κ2) is 7.41. The highest BCUT2D eigenvalue weighted by Crippen LogP contribution is 2.23. The molecule has 2 rings (SSSR count). The van der Waals surface area contributed by atoms with Gasteiger partial charge >= 0.3 is 5.97 Å². The van der Waals surface area contributed by atoms with Gasteiger partial charge in [-0.1, -0.05) is 24.3 Å². The van der Waals surface area contributed by atoms with E-state index in [0.29, 0.717) is 12.3 Å². The van der Waals surface area contributed by atoms with Crippen molar-refractivity contribution in [2.24, 2.45) is 5.92 Å². The first kappa shape index (κ1) is 15.0. The minimum Gasteiger partial charge on any atom is -0.481 e. The number of piperidine rings is 1. The summed E-state index contributed by atoms with van der Waals surface area (Å²) in [6, 6.07) is 8.08. The molecule has 0 atom stereocenters. The fraction of sp³-hybridized carbons (Fsp3) is 0.562. The van der Waals surface area contributed by atoms with Gasteiger partial charge in [0.05, 0.1) is 6.61 Å². The van der Waals surface area contributed by atoms with Crippen molar-refractivity contribution in [3.05, 3.63) is 35.4 Å². The monoisotopic (exact) mass is 277 g/mol. The van der Waals surface area contributed by atoms with Crippen LogP contribution in [0.15, 0.2) is 24.3 Å². The molecule has 0 amide bonds. The third kappa shape index (κ3) is 4.62. The minimum absolute atomic E-state index is 0.0925. The Kier molecular flexibility index (Phi) is 5.56. The molecule has 20 heavy (non-hydrogen) atoms. The highest BCUT2D eigenvalue weighted by atomic mass is 16.4. The zero-order chi connectivity index (χ0) is 14.4. The molecule has 0 bridgehead atoms. The van der Waals surface area contributed by atoms with Crippen LogP contribution in [0.25, 0.3) is 0 Å². The Morgan fingerprint density at radius 1 is 1.15 bits per heavy atom. The Hall–Kier alpha value is -1.39. The van der Waals surface area contributed by atoms with Crippen molar-refractivity contribution in [3.8, 4) is 0 Å². The molecule has 0 saturated carbocycles. The van der Waals surface area contributed by atoms with Gasteiger partial charge in [0.1, 0.15) is 0 Å². The number of rotatable bonds is 6. The maximum atomic E-state index is 10.6. The summed E-state index contributed by atoms with van der Waals surface area (Å²) in [5.41, 5.74) is 2.22. The number of carboxylic acids is 1. The number of aliphatic hydroxyl groups excluding tert-OH is 1. The van der Waals surface area contributed by atoms with Crippen molar-refractivity contribution >= 4 is 5.97 Å². The molecular formula is C16H23NO3. The van der Waals surface area contributed by atoms with Crippen molar-refractivity contribution in [1.29, 1.82) is 0 Å². The number of hydrogen-bond donors (Lipinski definition) is 2. The Morgan fingerprint density at radius 3 is 2.30 bits per heavy atom. The van der Waals surface area contributed by atoms with E-state index < -0.39 is 5.97 Å². The van der Waals surface area contributed by atoms with Crippen LogP contribution in [0, 0.1) is 5.92 Å². The van der Waals surface area contributed by atoms with Gasteiger partial charge < -0.3 is 10.2 Å². The highest BCUT2D eigenvalue weighted by Gasteiger charge is 2.19. The molecule has 1 heterocycles. The molecule has 1 aromatic carbocycles. The van der Waals surface area contributed by atoms with Crippen LogP contribution in [0.5, 0.6) is 0 Å². The summed E-state index contributed by atoms with van der Waals surface area (Å²) < 4.78 is 0. The van der Waals surface area contributed by atoms with Gasteiger partial charge in [0.25, 0.3) is 0 Å². The molecule has 110 valence electrons. The second-order valence-electron chi connectivity index (χ2n) is 5.63. The lowest BCUT2D eigenvalue weighted by Gasteiger charge is -2.31. The Morgan fingerprint density at radius 2 is 1.75 bits per heavy atom. The van der Waals surface area contributed by atoms with Crippen molar-refractivity contribution in [1.82, 2.24) is 4.90 Å². The van der Waals surface area contributed by atoms with E-state index in [9.17, 15) is 4.79 Å². The van der Waals surface area contributed by atoms with E-state index in [0.717, 1.165) is 44.5 Å². The maximum absolute atomic E-state index is 10.6. The fourth-order valence-corrected chi connectivity index (χ4v) is 2.77. The van der Waals surface area contributed by atoms with Gasteiger partial charge in [-0.3, -0.25) is 9.69 Å². The van der Waals surface area contributed by atoms with Crippen molar-refractivity contribution in [3.63, 3.8) is 0 Å². The van der Waals surface area contributed by atoms with Crippen molar-refractivity contribution in [2.75, 3.05) is 13.1 Å². The summed E-state index contributed by atoms with van der Waals surface area (Å²) in [6.07, 6.45) is 3.31. The van der Waals surface area contributed by atoms with Gasteiger partial charge in [-0.25, -0.2) is 0 Å². The average molecular weight is 277 g/mol. The number of likely N-dealkylation sites (tertiary alicyclic amines) is 1. The van der Waals surface area contributed by atoms with Crippen LogP contribution in [-0.2, 0) is 17.9 Å². The molecule has 1 fully saturated rings. The first-order valence-corrected chi connectivity index (χ1v) is 7.30. The average Bonchev–Trinajstić information content (AvgIpc) is 2.47. The zero-order valence-corrected chi connectivity index (χ0v) is 11.8. The van der Waals surface area contributed by atoms with Crippen LogP contribution in [0.3, 0.4) is 0 Å². The lowest BCUT2D eigenvalue weighted by molar-refractivity contribution is -0.137. The highest BCUT2D eigenvalue weighted by molar-refractivity contribution is 5.66. The molecule has 0 aromatic heterocycles. The number of benzene rings is 1. The number of carbonyl (C=O) groups is 1. The minimum atomic E-state index is -0.684. The molecule has 1 aromatic rings. The molecule has 1 aliphatic heterocycles. The van der Waals surface area contributed by atoms with Gasteiger partial charge in [0, 0.05) is 13.0 Å². The molecule has 0 spiro atoms. The predicted molar refractivity (Wildman–Crippen MR) is 77.2 cm³/mol.